The highest BCUT2D eigenvalue weighted by Crippen LogP contribution is 2.16. The average Bonchev–Trinajstić information content (AvgIpc) is 2.60. The molecule has 0 aliphatic rings. The Balaban J connectivity index is 1.83. The molecule has 0 bridgehead atoms. The first-order chi connectivity index (χ1) is 11.5. The van der Waals surface area contributed by atoms with E-state index in [0.717, 1.165) is 10.0 Å². The summed E-state index contributed by atoms with van der Waals surface area (Å²) in [4.78, 5) is 23.8. The summed E-state index contributed by atoms with van der Waals surface area (Å²) in [6.07, 6.45) is 0. The van der Waals surface area contributed by atoms with Gasteiger partial charge in [-0.05, 0) is 42.3 Å². The number of nitrogens with one attached hydrogen (secondary N) is 1. The summed E-state index contributed by atoms with van der Waals surface area (Å²) in [6.45, 7) is 1.42. The molecule has 5 nitrogen and oxygen atoms in total. The molecule has 0 saturated carbocycles. The molecular weight excluding hydrogens is 374 g/mol. The molecule has 0 radical (unpaired) electrons. The van der Waals surface area contributed by atoms with Gasteiger partial charge >= 0.3 is 5.97 Å². The zero-order valence-corrected chi connectivity index (χ0v) is 14.7. The third-order valence-corrected chi connectivity index (χ3v) is 3.98. The quantitative estimate of drug-likeness (QED) is 0.742. The van der Waals surface area contributed by atoms with E-state index in [2.05, 4.69) is 21.2 Å². The molecule has 2 aromatic rings. The Morgan fingerprint density at radius 2 is 1.75 bits per heavy atom. The van der Waals surface area contributed by atoms with Crippen LogP contribution < -0.4 is 5.32 Å². The third-order valence-electron chi connectivity index (χ3n) is 3.45. The van der Waals surface area contributed by atoms with Gasteiger partial charge in [-0.2, -0.15) is 0 Å². The monoisotopic (exact) mass is 391 g/mol. The van der Waals surface area contributed by atoms with Crippen LogP contribution >= 0.6 is 15.9 Å². The van der Waals surface area contributed by atoms with Crippen LogP contribution in [-0.4, -0.2) is 23.6 Å². The summed E-state index contributed by atoms with van der Waals surface area (Å²) < 4.78 is 5.96. The van der Waals surface area contributed by atoms with Crippen molar-refractivity contribution < 1.29 is 19.4 Å². The molecule has 0 unspecified atom stereocenters. The second-order valence-electron chi connectivity index (χ2n) is 5.27. The Morgan fingerprint density at radius 1 is 1.12 bits per heavy atom. The minimum absolute atomic E-state index is 0.0916. The van der Waals surface area contributed by atoms with E-state index >= 15 is 0 Å². The smallest absolute Gasteiger partial charge is 0.338 e. The fraction of sp³-hybridized carbons (Fsp3) is 0.222. The van der Waals surface area contributed by atoms with E-state index in [1.165, 1.54) is 0 Å². The summed E-state index contributed by atoms with van der Waals surface area (Å²) in [5, 5.41) is 11.7. The lowest BCUT2D eigenvalue weighted by molar-refractivity contribution is -0.124. The number of hydrogen-bond acceptors (Lipinski definition) is 4. The highest BCUT2D eigenvalue weighted by Gasteiger charge is 2.13. The van der Waals surface area contributed by atoms with E-state index in [4.69, 9.17) is 9.84 Å². The molecule has 0 heterocycles. The van der Waals surface area contributed by atoms with Gasteiger partial charge < -0.3 is 15.2 Å². The fourth-order valence-corrected chi connectivity index (χ4v) is 2.34. The number of hydrogen-bond donors (Lipinski definition) is 2. The topological polar surface area (TPSA) is 75.6 Å². The van der Waals surface area contributed by atoms with Crippen LogP contribution in [0.1, 0.15) is 34.5 Å². The van der Waals surface area contributed by atoms with E-state index < -0.39 is 5.97 Å². The van der Waals surface area contributed by atoms with Crippen LogP contribution in [0.2, 0.25) is 0 Å². The Bertz CT molecular complexity index is 698. The van der Waals surface area contributed by atoms with E-state index in [0.29, 0.717) is 11.1 Å². The maximum absolute atomic E-state index is 11.9. The van der Waals surface area contributed by atoms with Gasteiger partial charge in [0.15, 0.2) is 6.61 Å². The lowest BCUT2D eigenvalue weighted by Crippen LogP contribution is -2.31. The van der Waals surface area contributed by atoms with Gasteiger partial charge in [-0.3, -0.25) is 4.79 Å². The SMILES string of the molecule is C[C@@H](NC(=O)COC(=O)c1ccc(CO)cc1)c1ccc(Br)cc1. The average molecular weight is 392 g/mol. The molecule has 126 valence electrons. The zero-order valence-electron chi connectivity index (χ0n) is 13.2. The van der Waals surface area contributed by atoms with E-state index in [1.54, 1.807) is 24.3 Å². The molecule has 2 N–H and O–H groups in total. The van der Waals surface area contributed by atoms with Gasteiger partial charge in [0.05, 0.1) is 18.2 Å². The van der Waals surface area contributed by atoms with Crippen molar-refractivity contribution in [3.05, 3.63) is 69.7 Å². The maximum atomic E-state index is 11.9. The summed E-state index contributed by atoms with van der Waals surface area (Å²) in [7, 11) is 0. The van der Waals surface area contributed by atoms with Crippen LogP contribution in [0.25, 0.3) is 0 Å². The van der Waals surface area contributed by atoms with Gasteiger partial charge in [-0.1, -0.05) is 40.2 Å². The van der Waals surface area contributed by atoms with Crippen molar-refractivity contribution >= 4 is 27.8 Å². The van der Waals surface area contributed by atoms with Crippen LogP contribution in [0, 0.1) is 0 Å². The first-order valence-electron chi connectivity index (χ1n) is 7.41. The Labute approximate surface area is 148 Å². The minimum atomic E-state index is -0.578. The highest BCUT2D eigenvalue weighted by molar-refractivity contribution is 9.10. The number of ether oxygens (including phenoxy) is 1. The normalized spacial score (nSPS) is 11.6. The number of carbonyl (C=O) groups is 2. The van der Waals surface area contributed by atoms with Gasteiger partial charge in [0.1, 0.15) is 0 Å². The lowest BCUT2D eigenvalue weighted by Gasteiger charge is -2.14. The second-order valence-corrected chi connectivity index (χ2v) is 6.19. The number of halogens is 1. The molecule has 2 aromatic carbocycles. The lowest BCUT2D eigenvalue weighted by atomic mass is 10.1. The zero-order chi connectivity index (χ0) is 17.5. The molecule has 2 rings (SSSR count). The molecule has 0 fully saturated rings. The van der Waals surface area contributed by atoms with E-state index in [-0.39, 0.29) is 25.2 Å². The summed E-state index contributed by atoms with van der Waals surface area (Å²) >= 11 is 3.36. The molecule has 0 aromatic heterocycles. The van der Waals surface area contributed by atoms with Crippen molar-refractivity contribution in [1.29, 1.82) is 0 Å². The minimum Gasteiger partial charge on any atom is -0.452 e. The van der Waals surface area contributed by atoms with Crippen LogP contribution in [0.4, 0.5) is 0 Å². The Hall–Kier alpha value is -2.18. The fourth-order valence-electron chi connectivity index (χ4n) is 2.08. The molecule has 0 aliphatic heterocycles. The van der Waals surface area contributed by atoms with Crippen molar-refractivity contribution in [2.75, 3.05) is 6.61 Å². The van der Waals surface area contributed by atoms with Crippen LogP contribution in [0.5, 0.6) is 0 Å². The number of benzene rings is 2. The molecule has 0 saturated heterocycles. The van der Waals surface area contributed by atoms with Crippen LogP contribution in [0.3, 0.4) is 0 Å². The van der Waals surface area contributed by atoms with Crippen molar-refractivity contribution in [1.82, 2.24) is 5.32 Å². The maximum Gasteiger partial charge on any atom is 0.338 e. The molecule has 0 aliphatic carbocycles. The molecule has 0 spiro atoms. The predicted octanol–water partition coefficient (Wildman–Crippen LogP) is 2.98. The van der Waals surface area contributed by atoms with Crippen molar-refractivity contribution in [2.45, 2.75) is 19.6 Å². The number of amides is 1. The van der Waals surface area contributed by atoms with Crippen molar-refractivity contribution in [3.63, 3.8) is 0 Å². The second kappa shape index (κ2) is 8.61. The number of carbonyl (C=O) groups excluding carboxylic acids is 2. The standard InChI is InChI=1S/C18H18BrNO4/c1-12(14-6-8-16(19)9-7-14)20-17(22)11-24-18(23)15-4-2-13(10-21)3-5-15/h2-9,12,21H,10-11H2,1H3,(H,20,22)/t12-/m1/s1. The van der Waals surface area contributed by atoms with E-state index in [9.17, 15) is 9.59 Å². The predicted molar refractivity (Wildman–Crippen MR) is 93.3 cm³/mol. The van der Waals surface area contributed by atoms with Gasteiger partial charge in [0.2, 0.25) is 0 Å². The molecule has 1 atom stereocenters. The summed E-state index contributed by atoms with van der Waals surface area (Å²) in [5.74, 6) is -0.948. The Kier molecular flexibility index (Phi) is 6.52. The summed E-state index contributed by atoms with van der Waals surface area (Å²) in [5.41, 5.74) is 1.99. The van der Waals surface area contributed by atoms with Crippen molar-refractivity contribution in [2.24, 2.45) is 0 Å². The number of rotatable bonds is 6. The first kappa shape index (κ1) is 18.2. The van der Waals surface area contributed by atoms with Crippen LogP contribution in [-0.2, 0) is 16.1 Å². The molecule has 6 heteroatoms. The molecular formula is C18H18BrNO4. The highest BCUT2D eigenvalue weighted by atomic mass is 79.9. The number of aliphatic hydroxyl groups is 1. The van der Waals surface area contributed by atoms with Crippen molar-refractivity contribution in [3.8, 4) is 0 Å². The van der Waals surface area contributed by atoms with Gasteiger partial charge in [0.25, 0.3) is 5.91 Å². The first-order valence-corrected chi connectivity index (χ1v) is 8.20. The van der Waals surface area contributed by atoms with Gasteiger partial charge in [0, 0.05) is 4.47 Å². The van der Waals surface area contributed by atoms with E-state index in [1.807, 2.05) is 31.2 Å². The largest absolute Gasteiger partial charge is 0.452 e. The van der Waals surface area contributed by atoms with Gasteiger partial charge in [-0.15, -0.1) is 0 Å². The number of esters is 1. The number of aliphatic hydroxyl groups excluding tert-OH is 1. The Morgan fingerprint density at radius 3 is 2.33 bits per heavy atom. The van der Waals surface area contributed by atoms with Gasteiger partial charge in [-0.25, -0.2) is 4.79 Å². The third kappa shape index (κ3) is 5.18. The summed E-state index contributed by atoms with van der Waals surface area (Å²) in [6, 6.07) is 13.8. The van der Waals surface area contributed by atoms with Crippen LogP contribution in [0.15, 0.2) is 53.0 Å². The molecule has 1 amide bonds. The molecule has 24 heavy (non-hydrogen) atoms.